The second-order valence-electron chi connectivity index (χ2n) is 5.17. The maximum absolute atomic E-state index is 12.3. The number of aromatic nitrogens is 1. The van der Waals surface area contributed by atoms with Crippen LogP contribution in [0.4, 0.5) is 5.13 Å². The molecule has 2 atom stereocenters. The molecule has 0 aromatic carbocycles. The van der Waals surface area contributed by atoms with E-state index in [4.69, 9.17) is 11.5 Å². The summed E-state index contributed by atoms with van der Waals surface area (Å²) >= 11 is 2.73. The molecule has 8 heteroatoms. The molecule has 0 radical (unpaired) electrons. The van der Waals surface area contributed by atoms with E-state index in [1.807, 2.05) is 6.92 Å². The standard InChI is InChI=1S/C13H20N4O2S2/c1-7-12(20-6-10(15)18)21-13(16-7)17-11(19)9-4-2-3-8(9)5-14/h8-9H,2-6,14H2,1H3,(H2,15,18)(H,16,17,19)/t8-,9-/m1/s1. The number of thiazole rings is 1. The van der Waals surface area contributed by atoms with E-state index in [-0.39, 0.29) is 29.4 Å². The van der Waals surface area contributed by atoms with E-state index in [0.717, 1.165) is 29.2 Å². The van der Waals surface area contributed by atoms with Gasteiger partial charge in [-0.2, -0.15) is 0 Å². The summed E-state index contributed by atoms with van der Waals surface area (Å²) in [6.07, 6.45) is 2.96. The largest absolute Gasteiger partial charge is 0.369 e. The summed E-state index contributed by atoms with van der Waals surface area (Å²) in [5.41, 5.74) is 11.7. The van der Waals surface area contributed by atoms with Crippen LogP contribution in [0.25, 0.3) is 0 Å². The molecule has 0 spiro atoms. The molecule has 21 heavy (non-hydrogen) atoms. The van der Waals surface area contributed by atoms with E-state index in [1.54, 1.807) is 0 Å². The Morgan fingerprint density at radius 2 is 2.24 bits per heavy atom. The summed E-state index contributed by atoms with van der Waals surface area (Å²) in [5.74, 6) is 0.114. The summed E-state index contributed by atoms with van der Waals surface area (Å²) in [7, 11) is 0. The van der Waals surface area contributed by atoms with Crippen molar-refractivity contribution in [3.05, 3.63) is 5.69 Å². The number of nitrogens with one attached hydrogen (secondary N) is 1. The number of hydrogen-bond donors (Lipinski definition) is 3. The number of primary amides is 1. The van der Waals surface area contributed by atoms with Gasteiger partial charge in [0.15, 0.2) is 5.13 Å². The van der Waals surface area contributed by atoms with Gasteiger partial charge in [0.25, 0.3) is 0 Å². The zero-order valence-corrected chi connectivity index (χ0v) is 13.6. The number of hydrogen-bond acceptors (Lipinski definition) is 6. The van der Waals surface area contributed by atoms with Crippen molar-refractivity contribution in [1.29, 1.82) is 0 Å². The van der Waals surface area contributed by atoms with Crippen LogP contribution in [-0.4, -0.2) is 29.1 Å². The summed E-state index contributed by atoms with van der Waals surface area (Å²) in [6.45, 7) is 2.41. The smallest absolute Gasteiger partial charge is 0.229 e. The van der Waals surface area contributed by atoms with Gasteiger partial charge in [-0.3, -0.25) is 9.59 Å². The highest BCUT2D eigenvalue weighted by atomic mass is 32.2. The normalized spacial score (nSPS) is 21.4. The number of thioether (sulfide) groups is 1. The lowest BCUT2D eigenvalue weighted by Crippen LogP contribution is -2.29. The lowest BCUT2D eigenvalue weighted by molar-refractivity contribution is -0.120. The molecular weight excluding hydrogens is 308 g/mol. The van der Waals surface area contributed by atoms with E-state index < -0.39 is 0 Å². The molecule has 5 N–H and O–H groups in total. The first-order valence-corrected chi connectivity index (χ1v) is 8.71. The van der Waals surface area contributed by atoms with Crippen molar-refractivity contribution in [3.63, 3.8) is 0 Å². The van der Waals surface area contributed by atoms with Gasteiger partial charge in [0.1, 0.15) is 0 Å². The Morgan fingerprint density at radius 1 is 1.48 bits per heavy atom. The highest BCUT2D eigenvalue weighted by Crippen LogP contribution is 2.34. The van der Waals surface area contributed by atoms with Gasteiger partial charge < -0.3 is 16.8 Å². The number of rotatable bonds is 6. The lowest BCUT2D eigenvalue weighted by Gasteiger charge is -2.16. The summed E-state index contributed by atoms with van der Waals surface area (Å²) in [5, 5.41) is 3.46. The van der Waals surface area contributed by atoms with Crippen LogP contribution >= 0.6 is 23.1 Å². The van der Waals surface area contributed by atoms with Gasteiger partial charge in [-0.05, 0) is 32.2 Å². The fourth-order valence-corrected chi connectivity index (χ4v) is 4.45. The van der Waals surface area contributed by atoms with Gasteiger partial charge in [0.2, 0.25) is 11.8 Å². The van der Waals surface area contributed by atoms with Gasteiger partial charge in [-0.25, -0.2) is 4.98 Å². The van der Waals surface area contributed by atoms with Gasteiger partial charge in [-0.1, -0.05) is 17.8 Å². The predicted molar refractivity (Wildman–Crippen MR) is 85.3 cm³/mol. The van der Waals surface area contributed by atoms with Crippen LogP contribution in [-0.2, 0) is 9.59 Å². The third kappa shape index (κ3) is 4.18. The van der Waals surface area contributed by atoms with Crippen LogP contribution < -0.4 is 16.8 Å². The fourth-order valence-electron chi connectivity index (χ4n) is 2.57. The highest BCUT2D eigenvalue weighted by molar-refractivity contribution is 8.01. The first kappa shape index (κ1) is 16.3. The van der Waals surface area contributed by atoms with Crippen LogP contribution in [0.15, 0.2) is 4.21 Å². The first-order chi connectivity index (χ1) is 10.0. The topological polar surface area (TPSA) is 111 Å². The number of amides is 2. The van der Waals surface area contributed by atoms with E-state index in [0.29, 0.717) is 11.7 Å². The van der Waals surface area contributed by atoms with Crippen molar-refractivity contribution in [2.24, 2.45) is 23.3 Å². The molecule has 0 unspecified atom stereocenters. The van der Waals surface area contributed by atoms with Crippen molar-refractivity contribution in [3.8, 4) is 0 Å². The third-order valence-corrected chi connectivity index (χ3v) is 6.09. The Balaban J connectivity index is 1.98. The van der Waals surface area contributed by atoms with Crippen LogP contribution in [0.1, 0.15) is 25.0 Å². The molecule has 1 aliphatic rings. The molecular formula is C13H20N4O2S2. The van der Waals surface area contributed by atoms with Crippen molar-refractivity contribution < 1.29 is 9.59 Å². The minimum Gasteiger partial charge on any atom is -0.369 e. The molecule has 2 amide bonds. The summed E-state index contributed by atoms with van der Waals surface area (Å²) < 4.78 is 0.908. The minimum absolute atomic E-state index is 0.00292. The van der Waals surface area contributed by atoms with Crippen molar-refractivity contribution >= 4 is 40.0 Å². The molecule has 6 nitrogen and oxygen atoms in total. The van der Waals surface area contributed by atoms with E-state index in [2.05, 4.69) is 10.3 Å². The molecule has 1 aromatic heterocycles. The maximum atomic E-state index is 12.3. The Hall–Kier alpha value is -1.12. The summed E-state index contributed by atoms with van der Waals surface area (Å²) in [6, 6.07) is 0. The van der Waals surface area contributed by atoms with Crippen LogP contribution in [0.5, 0.6) is 0 Å². The van der Waals surface area contributed by atoms with Crippen LogP contribution in [0, 0.1) is 18.8 Å². The van der Waals surface area contributed by atoms with Gasteiger partial charge >= 0.3 is 0 Å². The van der Waals surface area contributed by atoms with Gasteiger partial charge in [0.05, 0.1) is 15.7 Å². The molecule has 116 valence electrons. The van der Waals surface area contributed by atoms with Gasteiger partial charge in [-0.15, -0.1) is 11.8 Å². The number of anilines is 1. The van der Waals surface area contributed by atoms with Crippen molar-refractivity contribution in [2.75, 3.05) is 17.6 Å². The Morgan fingerprint density at radius 3 is 2.90 bits per heavy atom. The Kier molecular flexibility index (Phi) is 5.60. The Bertz CT molecular complexity index is 532. The van der Waals surface area contributed by atoms with E-state index in [1.165, 1.54) is 23.1 Å². The minimum atomic E-state index is -0.366. The molecule has 0 bridgehead atoms. The average Bonchev–Trinajstić information content (AvgIpc) is 3.02. The van der Waals surface area contributed by atoms with Crippen molar-refractivity contribution in [2.45, 2.75) is 30.4 Å². The maximum Gasteiger partial charge on any atom is 0.229 e. The number of nitrogens with two attached hydrogens (primary N) is 2. The van der Waals surface area contributed by atoms with Gasteiger partial charge in [0, 0.05) is 5.92 Å². The van der Waals surface area contributed by atoms with E-state index in [9.17, 15) is 9.59 Å². The zero-order chi connectivity index (χ0) is 15.4. The predicted octanol–water partition coefficient (Wildman–Crippen LogP) is 1.34. The van der Waals surface area contributed by atoms with E-state index >= 15 is 0 Å². The molecule has 1 aliphatic carbocycles. The second-order valence-corrected chi connectivity index (χ2v) is 7.41. The Labute approximate surface area is 132 Å². The molecule has 0 saturated heterocycles. The molecule has 2 rings (SSSR count). The average molecular weight is 328 g/mol. The van der Waals surface area contributed by atoms with Crippen molar-refractivity contribution in [1.82, 2.24) is 4.98 Å². The SMILES string of the molecule is Cc1nc(NC(=O)[C@@H]2CCC[C@@H]2CN)sc1SCC(N)=O. The first-order valence-electron chi connectivity index (χ1n) is 6.90. The lowest BCUT2D eigenvalue weighted by atomic mass is 9.95. The summed E-state index contributed by atoms with van der Waals surface area (Å²) in [4.78, 5) is 27.4. The van der Waals surface area contributed by atoms with Crippen LogP contribution in [0.2, 0.25) is 0 Å². The number of carbonyl (C=O) groups excluding carboxylic acids is 2. The number of carbonyl (C=O) groups is 2. The fraction of sp³-hybridized carbons (Fsp3) is 0.615. The quantitative estimate of drug-likeness (QED) is 0.682. The second kappa shape index (κ2) is 7.24. The molecule has 0 aliphatic heterocycles. The highest BCUT2D eigenvalue weighted by Gasteiger charge is 2.32. The monoisotopic (exact) mass is 328 g/mol. The third-order valence-electron chi connectivity index (χ3n) is 3.63. The molecule has 1 fully saturated rings. The molecule has 1 heterocycles. The number of aryl methyl sites for hydroxylation is 1. The van der Waals surface area contributed by atoms with Crippen LogP contribution in [0.3, 0.4) is 0 Å². The molecule has 1 saturated carbocycles. The number of nitrogens with zero attached hydrogens (tertiary/aromatic N) is 1. The zero-order valence-electron chi connectivity index (χ0n) is 11.9. The molecule has 1 aromatic rings.